The summed E-state index contributed by atoms with van der Waals surface area (Å²) in [6.07, 6.45) is 0.669. The highest BCUT2D eigenvalue weighted by molar-refractivity contribution is 5.84. The number of fused-ring (bicyclic) bond motifs is 2. The van der Waals surface area contributed by atoms with Gasteiger partial charge in [-0.3, -0.25) is 9.59 Å². The van der Waals surface area contributed by atoms with Crippen LogP contribution in [0.3, 0.4) is 0 Å². The molecule has 2 rings (SSSR count). The average molecular weight is 242 g/mol. The number of ether oxygens (including phenoxy) is 2. The predicted molar refractivity (Wildman–Crippen MR) is 63.2 cm³/mol. The van der Waals surface area contributed by atoms with Gasteiger partial charge in [-0.1, -0.05) is 27.7 Å². The van der Waals surface area contributed by atoms with Gasteiger partial charge in [0, 0.05) is 0 Å². The van der Waals surface area contributed by atoms with E-state index in [1.165, 1.54) is 7.11 Å². The van der Waals surface area contributed by atoms with Crippen LogP contribution in [0.4, 0.5) is 0 Å². The van der Waals surface area contributed by atoms with Crippen molar-refractivity contribution in [2.75, 3.05) is 7.11 Å². The minimum absolute atomic E-state index is 0.00148. The topological polar surface area (TPSA) is 52.6 Å². The number of methoxy groups -OCH3 is 1. The summed E-state index contributed by atoms with van der Waals surface area (Å²) in [7, 11) is 1.37. The Morgan fingerprint density at radius 2 is 1.88 bits per heavy atom. The quantitative estimate of drug-likeness (QED) is 0.660. The minimum atomic E-state index is -0.323. The molecule has 1 aliphatic heterocycles. The van der Waals surface area contributed by atoms with Crippen LogP contribution in [0.15, 0.2) is 0 Å². The first-order chi connectivity index (χ1) is 8.06. The second kappa shape index (κ2) is 5.52. The smallest absolute Gasteiger partial charge is 0.310 e. The van der Waals surface area contributed by atoms with Crippen molar-refractivity contribution in [1.29, 1.82) is 0 Å². The predicted octanol–water partition coefficient (Wildman–Crippen LogP) is 2.02. The number of hydrogen-bond donors (Lipinski definition) is 0. The highest BCUT2D eigenvalue weighted by Gasteiger charge is 2.54. The van der Waals surface area contributed by atoms with Crippen LogP contribution < -0.4 is 0 Å². The van der Waals surface area contributed by atoms with E-state index >= 15 is 0 Å². The molecule has 4 heteroatoms. The average Bonchev–Trinajstić information content (AvgIpc) is 2.68. The molecule has 1 saturated heterocycles. The summed E-state index contributed by atoms with van der Waals surface area (Å²) in [6.45, 7) is 8.02. The van der Waals surface area contributed by atoms with E-state index < -0.39 is 0 Å². The SMILES string of the molecule is CC.COC(=O)C1C2CC(OC2=O)[C@H](C)C1C. The maximum atomic E-state index is 11.6. The van der Waals surface area contributed by atoms with Crippen molar-refractivity contribution in [1.82, 2.24) is 0 Å². The molecule has 98 valence electrons. The van der Waals surface area contributed by atoms with Crippen molar-refractivity contribution < 1.29 is 19.1 Å². The lowest BCUT2D eigenvalue weighted by Gasteiger charge is -2.34. The lowest BCUT2D eigenvalue weighted by molar-refractivity contribution is -0.154. The largest absolute Gasteiger partial charge is 0.469 e. The van der Waals surface area contributed by atoms with Gasteiger partial charge in [-0.25, -0.2) is 0 Å². The number of carbonyl (C=O) groups is 2. The van der Waals surface area contributed by atoms with Crippen molar-refractivity contribution in [3.05, 3.63) is 0 Å². The Labute approximate surface area is 103 Å². The second-order valence-electron chi connectivity index (χ2n) is 4.58. The standard InChI is InChI=1S/C11H16O4.C2H6/c1-5-6(2)9(11(13)14-3)7-4-8(5)15-10(7)12;1-2/h5-9H,4H2,1-3H3;1-2H3/t5-,6?,7?,8?,9?;/m1./s1. The Kier molecular flexibility index (Phi) is 4.54. The number of hydrogen-bond acceptors (Lipinski definition) is 4. The third-order valence-corrected chi connectivity index (χ3v) is 3.95. The van der Waals surface area contributed by atoms with Crippen molar-refractivity contribution in [2.45, 2.75) is 40.2 Å². The van der Waals surface area contributed by atoms with Crippen LogP contribution in [0.1, 0.15) is 34.1 Å². The Morgan fingerprint density at radius 3 is 2.41 bits per heavy atom. The summed E-state index contributed by atoms with van der Waals surface area (Å²) in [5, 5.41) is 0. The molecule has 0 aromatic heterocycles. The summed E-state index contributed by atoms with van der Waals surface area (Å²) in [6, 6.07) is 0. The number of esters is 2. The minimum Gasteiger partial charge on any atom is -0.469 e. The van der Waals surface area contributed by atoms with E-state index in [9.17, 15) is 9.59 Å². The van der Waals surface area contributed by atoms with Gasteiger partial charge < -0.3 is 9.47 Å². The Morgan fingerprint density at radius 1 is 1.29 bits per heavy atom. The number of rotatable bonds is 1. The molecule has 0 aromatic rings. The lowest BCUT2D eigenvalue weighted by Crippen LogP contribution is -2.41. The third kappa shape index (κ3) is 2.31. The van der Waals surface area contributed by atoms with Crippen molar-refractivity contribution in [3.8, 4) is 0 Å². The molecule has 2 fully saturated rings. The maximum Gasteiger partial charge on any atom is 0.310 e. The molecule has 4 unspecified atom stereocenters. The molecule has 0 spiro atoms. The third-order valence-electron chi connectivity index (χ3n) is 3.95. The van der Waals surface area contributed by atoms with Crippen LogP contribution in [0.2, 0.25) is 0 Å². The summed E-state index contributed by atoms with van der Waals surface area (Å²) >= 11 is 0. The molecule has 1 saturated carbocycles. The summed E-state index contributed by atoms with van der Waals surface area (Å²) in [4.78, 5) is 23.2. The molecule has 0 aromatic carbocycles. The lowest BCUT2D eigenvalue weighted by atomic mass is 9.68. The highest BCUT2D eigenvalue weighted by Crippen LogP contribution is 2.45. The Balaban J connectivity index is 0.000000686. The molecule has 0 amide bonds. The van der Waals surface area contributed by atoms with E-state index in [0.29, 0.717) is 6.42 Å². The summed E-state index contributed by atoms with van der Waals surface area (Å²) in [5.74, 6) is -0.738. The fourth-order valence-corrected chi connectivity index (χ4v) is 2.79. The van der Waals surface area contributed by atoms with Gasteiger partial charge in [0.25, 0.3) is 0 Å². The number of carbonyl (C=O) groups excluding carboxylic acids is 2. The van der Waals surface area contributed by atoms with Crippen molar-refractivity contribution in [3.63, 3.8) is 0 Å². The molecule has 2 aliphatic rings. The van der Waals surface area contributed by atoms with Crippen molar-refractivity contribution in [2.24, 2.45) is 23.7 Å². The Bertz CT molecular complexity index is 300. The van der Waals surface area contributed by atoms with Crippen LogP contribution in [-0.2, 0) is 19.1 Å². The molecule has 4 nitrogen and oxygen atoms in total. The molecule has 5 atom stereocenters. The first-order valence-electron chi connectivity index (χ1n) is 6.34. The molecule has 0 radical (unpaired) electrons. The van der Waals surface area contributed by atoms with Crippen LogP contribution >= 0.6 is 0 Å². The Hall–Kier alpha value is -1.06. The zero-order valence-electron chi connectivity index (χ0n) is 11.2. The first-order valence-corrected chi connectivity index (χ1v) is 6.34. The van der Waals surface area contributed by atoms with Gasteiger partial charge in [0.1, 0.15) is 6.10 Å². The molecule has 17 heavy (non-hydrogen) atoms. The van der Waals surface area contributed by atoms with E-state index in [-0.39, 0.29) is 41.7 Å². The molecule has 0 N–H and O–H groups in total. The van der Waals surface area contributed by atoms with Gasteiger partial charge in [0.2, 0.25) is 0 Å². The monoisotopic (exact) mass is 242 g/mol. The highest BCUT2D eigenvalue weighted by atomic mass is 16.6. The summed E-state index contributed by atoms with van der Waals surface area (Å²) in [5.41, 5.74) is 0. The fourth-order valence-electron chi connectivity index (χ4n) is 2.79. The fraction of sp³-hybridized carbons (Fsp3) is 0.846. The normalized spacial score (nSPS) is 38.9. The van der Waals surface area contributed by atoms with Crippen molar-refractivity contribution >= 4 is 11.9 Å². The van der Waals surface area contributed by atoms with Crippen LogP contribution in [0, 0.1) is 23.7 Å². The molecule has 1 aliphatic carbocycles. The van der Waals surface area contributed by atoms with E-state index in [2.05, 4.69) is 0 Å². The van der Waals surface area contributed by atoms with E-state index in [1.54, 1.807) is 0 Å². The van der Waals surface area contributed by atoms with Gasteiger partial charge >= 0.3 is 11.9 Å². The van der Waals surface area contributed by atoms with Gasteiger partial charge in [-0.05, 0) is 18.3 Å². The molecule has 1 heterocycles. The molecular formula is C13H22O4. The van der Waals surface area contributed by atoms with Crippen LogP contribution in [0.5, 0.6) is 0 Å². The zero-order valence-corrected chi connectivity index (χ0v) is 11.2. The van der Waals surface area contributed by atoms with Gasteiger partial charge in [0.05, 0.1) is 18.9 Å². The summed E-state index contributed by atoms with van der Waals surface area (Å²) < 4.78 is 10.0. The van der Waals surface area contributed by atoms with E-state index in [0.717, 1.165) is 0 Å². The maximum absolute atomic E-state index is 11.6. The van der Waals surface area contributed by atoms with Crippen LogP contribution in [0.25, 0.3) is 0 Å². The van der Waals surface area contributed by atoms with Crippen LogP contribution in [-0.4, -0.2) is 25.2 Å². The van der Waals surface area contributed by atoms with Gasteiger partial charge in [-0.15, -0.1) is 0 Å². The van der Waals surface area contributed by atoms with Gasteiger partial charge in [0.15, 0.2) is 0 Å². The second-order valence-corrected chi connectivity index (χ2v) is 4.58. The van der Waals surface area contributed by atoms with Gasteiger partial charge in [-0.2, -0.15) is 0 Å². The zero-order chi connectivity index (χ0) is 13.2. The van der Waals surface area contributed by atoms with E-state index in [1.807, 2.05) is 27.7 Å². The van der Waals surface area contributed by atoms with E-state index in [4.69, 9.17) is 9.47 Å². The molecule has 2 bridgehead atoms. The molecular weight excluding hydrogens is 220 g/mol. The first kappa shape index (κ1) is 14.0.